The number of halogens is 6. The highest BCUT2D eigenvalue weighted by Crippen LogP contribution is 2.41. The smallest absolute Gasteiger partial charge is 0.319 e. The molecule has 1 atom stereocenters. The van der Waals surface area contributed by atoms with E-state index < -0.39 is 34.9 Å². The molecular weight excluding hydrogens is 272 g/mol. The van der Waals surface area contributed by atoms with Gasteiger partial charge >= 0.3 is 12.4 Å². The van der Waals surface area contributed by atoms with E-state index in [9.17, 15) is 26.3 Å². The van der Waals surface area contributed by atoms with Gasteiger partial charge in [0.1, 0.15) is 6.04 Å². The van der Waals surface area contributed by atoms with Crippen molar-refractivity contribution in [3.63, 3.8) is 0 Å². The molecule has 0 spiro atoms. The topological polar surface area (TPSA) is 26.0 Å². The van der Waals surface area contributed by atoms with Gasteiger partial charge in [-0.05, 0) is 11.6 Å². The molecule has 0 heterocycles. The lowest BCUT2D eigenvalue weighted by molar-refractivity contribution is -0.163. The van der Waals surface area contributed by atoms with Crippen molar-refractivity contribution in [3.05, 3.63) is 35.4 Å². The third kappa shape index (κ3) is 3.20. The summed E-state index contributed by atoms with van der Waals surface area (Å²) < 4.78 is 76.4. The lowest BCUT2D eigenvalue weighted by Gasteiger charge is -2.35. The molecule has 1 aromatic rings. The van der Waals surface area contributed by atoms with E-state index in [0.717, 1.165) is 32.0 Å². The van der Waals surface area contributed by atoms with Crippen LogP contribution in [0.15, 0.2) is 24.3 Å². The number of rotatable bonds is 2. The first kappa shape index (κ1) is 15.8. The van der Waals surface area contributed by atoms with Gasteiger partial charge < -0.3 is 5.73 Å². The average molecular weight is 285 g/mol. The molecule has 0 fully saturated rings. The monoisotopic (exact) mass is 285 g/mol. The summed E-state index contributed by atoms with van der Waals surface area (Å²) in [5.74, 6) is 0. The maximum Gasteiger partial charge on any atom is 0.416 e. The van der Waals surface area contributed by atoms with Crippen LogP contribution in [0.4, 0.5) is 26.3 Å². The van der Waals surface area contributed by atoms with Crippen LogP contribution in [0.1, 0.15) is 25.0 Å². The van der Waals surface area contributed by atoms with E-state index in [1.54, 1.807) is 0 Å². The minimum atomic E-state index is -4.78. The van der Waals surface area contributed by atoms with Gasteiger partial charge in [0.05, 0.1) is 5.56 Å². The maximum atomic E-state index is 12.8. The highest BCUT2D eigenvalue weighted by atomic mass is 19.4. The first-order valence-electron chi connectivity index (χ1n) is 5.37. The molecule has 0 aliphatic heterocycles. The number of nitrogens with two attached hydrogens (primary N) is 1. The Hall–Kier alpha value is -1.24. The van der Waals surface area contributed by atoms with Gasteiger partial charge in [0.25, 0.3) is 0 Å². The van der Waals surface area contributed by atoms with Crippen LogP contribution in [0.2, 0.25) is 0 Å². The van der Waals surface area contributed by atoms with Gasteiger partial charge in [-0.15, -0.1) is 0 Å². The van der Waals surface area contributed by atoms with Crippen LogP contribution in [-0.2, 0) is 11.6 Å². The van der Waals surface area contributed by atoms with Crippen molar-refractivity contribution in [3.8, 4) is 0 Å². The number of benzene rings is 1. The molecule has 0 saturated carbocycles. The van der Waals surface area contributed by atoms with Crippen LogP contribution in [0.3, 0.4) is 0 Å². The van der Waals surface area contributed by atoms with Crippen molar-refractivity contribution in [1.29, 1.82) is 0 Å². The Morgan fingerprint density at radius 3 is 1.68 bits per heavy atom. The third-order valence-corrected chi connectivity index (χ3v) is 3.06. The quantitative estimate of drug-likeness (QED) is 0.820. The van der Waals surface area contributed by atoms with Crippen molar-refractivity contribution in [2.24, 2.45) is 5.73 Å². The van der Waals surface area contributed by atoms with Crippen LogP contribution >= 0.6 is 0 Å². The Bertz CT molecular complexity index is 446. The second-order valence-corrected chi connectivity index (χ2v) is 4.78. The van der Waals surface area contributed by atoms with Crippen LogP contribution in [-0.4, -0.2) is 12.2 Å². The van der Waals surface area contributed by atoms with Gasteiger partial charge in [-0.2, -0.15) is 26.3 Å². The van der Waals surface area contributed by atoms with Crippen LogP contribution in [0.5, 0.6) is 0 Å². The normalized spacial score (nSPS) is 15.4. The molecule has 1 unspecified atom stereocenters. The Kier molecular flexibility index (Phi) is 3.91. The average Bonchev–Trinajstić information content (AvgIpc) is 2.25. The molecule has 0 bridgehead atoms. The third-order valence-electron chi connectivity index (χ3n) is 3.06. The van der Waals surface area contributed by atoms with E-state index >= 15 is 0 Å². The van der Waals surface area contributed by atoms with Crippen molar-refractivity contribution >= 4 is 0 Å². The van der Waals surface area contributed by atoms with Gasteiger partial charge in [0.15, 0.2) is 0 Å². The summed E-state index contributed by atoms with van der Waals surface area (Å²) in [6.45, 7) is 2.10. The van der Waals surface area contributed by atoms with Crippen molar-refractivity contribution in [1.82, 2.24) is 0 Å². The van der Waals surface area contributed by atoms with Crippen LogP contribution in [0.25, 0.3) is 0 Å². The Labute approximate surface area is 106 Å². The largest absolute Gasteiger partial charge is 0.416 e. The maximum absolute atomic E-state index is 12.8. The summed E-state index contributed by atoms with van der Waals surface area (Å²) in [5.41, 5.74) is 1.63. The standard InChI is InChI=1S/C12H13F6N/c1-10(2,9(19)12(16,17)18)7-5-3-4-6-8(7)11(13,14)15/h3-6,9H,19H2,1-2H3. The van der Waals surface area contributed by atoms with Crippen LogP contribution in [0, 0.1) is 0 Å². The van der Waals surface area contributed by atoms with E-state index in [1.165, 1.54) is 6.07 Å². The first-order chi connectivity index (χ1) is 8.38. The SMILES string of the molecule is CC(C)(c1ccccc1C(F)(F)F)C(N)C(F)(F)F. The zero-order valence-corrected chi connectivity index (χ0v) is 10.2. The van der Waals surface area contributed by atoms with Gasteiger partial charge in [0, 0.05) is 5.41 Å². The molecule has 7 heteroatoms. The van der Waals surface area contributed by atoms with E-state index in [1.807, 2.05) is 0 Å². The highest BCUT2D eigenvalue weighted by molar-refractivity contribution is 5.37. The molecular formula is C12H13F6N. The second-order valence-electron chi connectivity index (χ2n) is 4.78. The minimum Gasteiger partial charge on any atom is -0.319 e. The van der Waals surface area contributed by atoms with Gasteiger partial charge in [-0.25, -0.2) is 0 Å². The van der Waals surface area contributed by atoms with Gasteiger partial charge in [0.2, 0.25) is 0 Å². The van der Waals surface area contributed by atoms with E-state index in [4.69, 9.17) is 5.73 Å². The predicted octanol–water partition coefficient (Wildman–Crippen LogP) is 3.87. The highest BCUT2D eigenvalue weighted by Gasteiger charge is 2.49. The summed E-state index contributed by atoms with van der Waals surface area (Å²) in [7, 11) is 0. The number of alkyl halides is 6. The van der Waals surface area contributed by atoms with Gasteiger partial charge in [-0.1, -0.05) is 32.0 Å². The zero-order valence-electron chi connectivity index (χ0n) is 10.2. The summed E-state index contributed by atoms with van der Waals surface area (Å²) >= 11 is 0. The summed E-state index contributed by atoms with van der Waals surface area (Å²) in [5, 5.41) is 0. The van der Waals surface area contributed by atoms with E-state index in [0.29, 0.717) is 0 Å². The molecule has 1 aromatic carbocycles. The molecule has 0 radical (unpaired) electrons. The molecule has 0 aromatic heterocycles. The lowest BCUT2D eigenvalue weighted by Crippen LogP contribution is -2.51. The molecule has 0 amide bonds. The summed E-state index contributed by atoms with van der Waals surface area (Å²) in [6, 6.07) is 1.77. The predicted molar refractivity (Wildman–Crippen MR) is 58.5 cm³/mol. The van der Waals surface area contributed by atoms with Gasteiger partial charge in [-0.3, -0.25) is 0 Å². The fourth-order valence-corrected chi connectivity index (χ4v) is 1.87. The summed E-state index contributed by atoms with van der Waals surface area (Å²) in [4.78, 5) is 0. The minimum absolute atomic E-state index is 0.465. The molecule has 0 aliphatic carbocycles. The molecule has 108 valence electrons. The van der Waals surface area contributed by atoms with Crippen LogP contribution < -0.4 is 5.73 Å². The number of hydrogen-bond acceptors (Lipinski definition) is 1. The number of hydrogen-bond donors (Lipinski definition) is 1. The summed E-state index contributed by atoms with van der Waals surface area (Å²) in [6.07, 6.45) is -9.50. The van der Waals surface area contributed by atoms with Crippen molar-refractivity contribution in [2.75, 3.05) is 0 Å². The molecule has 0 aliphatic rings. The first-order valence-corrected chi connectivity index (χ1v) is 5.37. The zero-order chi connectivity index (χ0) is 15.1. The molecule has 2 N–H and O–H groups in total. The lowest BCUT2D eigenvalue weighted by atomic mass is 9.75. The molecule has 1 nitrogen and oxygen atoms in total. The Balaban J connectivity index is 3.38. The van der Waals surface area contributed by atoms with Crippen molar-refractivity contribution < 1.29 is 26.3 Å². The molecule has 0 saturated heterocycles. The van der Waals surface area contributed by atoms with E-state index in [2.05, 4.69) is 0 Å². The fourth-order valence-electron chi connectivity index (χ4n) is 1.87. The van der Waals surface area contributed by atoms with E-state index in [-0.39, 0.29) is 0 Å². The molecule has 19 heavy (non-hydrogen) atoms. The Morgan fingerprint density at radius 1 is 0.895 bits per heavy atom. The second kappa shape index (κ2) is 4.70. The molecule has 1 rings (SSSR count). The fraction of sp³-hybridized carbons (Fsp3) is 0.500. The van der Waals surface area contributed by atoms with Crippen molar-refractivity contribution in [2.45, 2.75) is 37.7 Å². The Morgan fingerprint density at radius 2 is 1.32 bits per heavy atom.